The molecule has 1 aromatic rings. The monoisotopic (exact) mass is 475 g/mol. The van der Waals surface area contributed by atoms with Crippen LogP contribution in [0.5, 0.6) is 0 Å². The number of hydrogen-bond donors (Lipinski definition) is 2. The maximum Gasteiger partial charge on any atom is 0.410 e. The molecule has 1 saturated heterocycles. The van der Waals surface area contributed by atoms with Crippen molar-refractivity contribution in [1.29, 1.82) is 0 Å². The normalized spacial score (nSPS) is 24.5. The first-order chi connectivity index (χ1) is 15.9. The van der Waals surface area contributed by atoms with Crippen LogP contribution in [0.25, 0.3) is 0 Å². The summed E-state index contributed by atoms with van der Waals surface area (Å²) in [6.07, 6.45) is 8.65. The van der Waals surface area contributed by atoms with Crippen LogP contribution in [0.2, 0.25) is 0 Å². The molecular formula is C26H45N5O3. The molecule has 1 aliphatic carbocycles. The Kier molecular flexibility index (Phi) is 8.00. The number of ether oxygens (including phenoxy) is 1. The molecule has 1 aliphatic heterocycles. The fourth-order valence-corrected chi connectivity index (χ4v) is 5.64. The van der Waals surface area contributed by atoms with Crippen molar-refractivity contribution in [1.82, 2.24) is 25.3 Å². The Hall–Kier alpha value is -2.09. The van der Waals surface area contributed by atoms with Crippen LogP contribution in [0.15, 0.2) is 6.20 Å². The molecule has 0 aromatic carbocycles. The Morgan fingerprint density at radius 2 is 1.82 bits per heavy atom. The van der Waals surface area contributed by atoms with Crippen molar-refractivity contribution in [2.24, 2.45) is 5.41 Å². The topological polar surface area (TPSA) is 90.6 Å². The van der Waals surface area contributed by atoms with Gasteiger partial charge in [-0.25, -0.2) is 4.79 Å². The van der Waals surface area contributed by atoms with Crippen molar-refractivity contribution in [3.05, 3.63) is 17.5 Å². The molecule has 1 spiro atoms. The maximum absolute atomic E-state index is 12.8. The summed E-state index contributed by atoms with van der Waals surface area (Å²) in [6, 6.07) is 0. The van der Waals surface area contributed by atoms with Gasteiger partial charge in [0.05, 0.1) is 11.1 Å². The second-order valence-corrected chi connectivity index (χ2v) is 11.6. The predicted octanol–water partition coefficient (Wildman–Crippen LogP) is 4.43. The van der Waals surface area contributed by atoms with E-state index < -0.39 is 5.60 Å². The van der Waals surface area contributed by atoms with Crippen LogP contribution in [0.3, 0.4) is 0 Å². The lowest BCUT2D eigenvalue weighted by molar-refractivity contribution is -0.128. The third kappa shape index (κ3) is 5.93. The molecule has 192 valence electrons. The van der Waals surface area contributed by atoms with Gasteiger partial charge in [0.25, 0.3) is 0 Å². The van der Waals surface area contributed by atoms with Crippen molar-refractivity contribution in [3.63, 3.8) is 0 Å². The molecule has 2 amide bonds. The van der Waals surface area contributed by atoms with Gasteiger partial charge >= 0.3 is 6.09 Å². The molecule has 0 radical (unpaired) electrons. The fourth-order valence-electron chi connectivity index (χ4n) is 5.64. The minimum Gasteiger partial charge on any atom is -0.444 e. The van der Waals surface area contributed by atoms with Gasteiger partial charge in [0.1, 0.15) is 5.60 Å². The smallest absolute Gasteiger partial charge is 0.410 e. The summed E-state index contributed by atoms with van der Waals surface area (Å²) in [5, 5.41) is 11.1. The summed E-state index contributed by atoms with van der Waals surface area (Å²) in [5.41, 5.74) is 1.68. The fraction of sp³-hybridized carbons (Fsp3) is 0.808. The molecule has 8 nitrogen and oxygen atoms in total. The molecule has 8 heteroatoms. The number of H-pyrrole nitrogens is 1. The van der Waals surface area contributed by atoms with Crippen molar-refractivity contribution in [3.8, 4) is 0 Å². The summed E-state index contributed by atoms with van der Waals surface area (Å²) < 4.78 is 5.44. The van der Waals surface area contributed by atoms with Crippen molar-refractivity contribution in [2.75, 3.05) is 27.2 Å². The Labute approximate surface area is 205 Å². The summed E-state index contributed by atoms with van der Waals surface area (Å²) in [5.74, 6) is 0.675. The number of aromatic amines is 1. The predicted molar refractivity (Wildman–Crippen MR) is 134 cm³/mol. The zero-order valence-corrected chi connectivity index (χ0v) is 22.3. The number of nitrogens with one attached hydrogen (secondary N) is 2. The second-order valence-electron chi connectivity index (χ2n) is 11.6. The Morgan fingerprint density at radius 1 is 1.18 bits per heavy atom. The van der Waals surface area contributed by atoms with Gasteiger partial charge in [-0.2, -0.15) is 5.10 Å². The summed E-state index contributed by atoms with van der Waals surface area (Å²) in [7, 11) is 3.84. The van der Waals surface area contributed by atoms with Crippen LogP contribution in [-0.2, 0) is 16.1 Å². The van der Waals surface area contributed by atoms with E-state index in [2.05, 4.69) is 41.3 Å². The van der Waals surface area contributed by atoms with Gasteiger partial charge in [0, 0.05) is 49.9 Å². The van der Waals surface area contributed by atoms with Crippen LogP contribution in [-0.4, -0.2) is 70.3 Å². The molecule has 0 atom stereocenters. The van der Waals surface area contributed by atoms with Crippen LogP contribution < -0.4 is 5.32 Å². The molecule has 2 N–H and O–H groups in total. The van der Waals surface area contributed by atoms with Gasteiger partial charge in [-0.3, -0.25) is 9.89 Å². The van der Waals surface area contributed by atoms with E-state index >= 15 is 0 Å². The van der Waals surface area contributed by atoms with E-state index in [1.54, 1.807) is 11.9 Å². The molecule has 3 rings (SSSR count). The lowest BCUT2D eigenvalue weighted by atomic mass is 9.69. The van der Waals surface area contributed by atoms with Gasteiger partial charge in [0.15, 0.2) is 0 Å². The summed E-state index contributed by atoms with van der Waals surface area (Å²) in [6.45, 7) is 12.0. The van der Waals surface area contributed by atoms with E-state index in [-0.39, 0.29) is 23.0 Å². The third-order valence-electron chi connectivity index (χ3n) is 7.94. The van der Waals surface area contributed by atoms with Crippen LogP contribution >= 0.6 is 0 Å². The van der Waals surface area contributed by atoms with Crippen molar-refractivity contribution >= 4 is 12.0 Å². The van der Waals surface area contributed by atoms with Gasteiger partial charge < -0.3 is 19.9 Å². The van der Waals surface area contributed by atoms with E-state index in [1.807, 2.05) is 27.0 Å². The highest BCUT2D eigenvalue weighted by Gasteiger charge is 2.53. The van der Waals surface area contributed by atoms with Gasteiger partial charge in [-0.15, -0.1) is 0 Å². The Morgan fingerprint density at radius 3 is 2.38 bits per heavy atom. The quantitative estimate of drug-likeness (QED) is 0.580. The molecule has 34 heavy (non-hydrogen) atoms. The zero-order chi connectivity index (χ0) is 25.1. The Bertz CT molecular complexity index is 847. The molecule has 0 unspecified atom stereocenters. The van der Waals surface area contributed by atoms with Crippen LogP contribution in [0.4, 0.5) is 4.79 Å². The van der Waals surface area contributed by atoms with E-state index in [4.69, 9.17) is 4.74 Å². The number of aromatic nitrogens is 2. The van der Waals surface area contributed by atoms with E-state index in [1.165, 1.54) is 5.56 Å². The first kappa shape index (κ1) is 26.5. The molecule has 2 aliphatic rings. The lowest BCUT2D eigenvalue weighted by Gasteiger charge is -2.38. The van der Waals surface area contributed by atoms with Gasteiger partial charge in [0.2, 0.25) is 5.91 Å². The van der Waals surface area contributed by atoms with Crippen LogP contribution in [0.1, 0.15) is 96.7 Å². The lowest BCUT2D eigenvalue weighted by Crippen LogP contribution is -2.44. The third-order valence-corrected chi connectivity index (χ3v) is 7.94. The van der Waals surface area contributed by atoms with E-state index in [0.717, 1.165) is 63.7 Å². The van der Waals surface area contributed by atoms with Gasteiger partial charge in [-0.05, 0) is 72.8 Å². The highest BCUT2D eigenvalue weighted by Crippen LogP contribution is 2.49. The number of nitrogens with zero attached hydrogens (tertiary/aromatic N) is 3. The minimum atomic E-state index is -0.489. The number of hydrogen-bond acceptors (Lipinski definition) is 5. The summed E-state index contributed by atoms with van der Waals surface area (Å²) in [4.78, 5) is 28.8. The zero-order valence-electron chi connectivity index (χ0n) is 22.3. The number of carbonyl (C=O) groups excluding carboxylic acids is 2. The molecule has 1 aromatic heterocycles. The Balaban J connectivity index is 1.53. The molecule has 2 fully saturated rings. The first-order valence-corrected chi connectivity index (χ1v) is 12.9. The van der Waals surface area contributed by atoms with Crippen molar-refractivity contribution in [2.45, 2.75) is 103 Å². The van der Waals surface area contributed by atoms with E-state index in [9.17, 15) is 9.59 Å². The number of rotatable bonds is 8. The SMILES string of the molecule is CCC1(CC)C[C@]2(CC[C@H](c3n[nH]cc3CN(C)CCN(C)C(=O)OC(C)(C)C)CC2)NC1=O. The van der Waals surface area contributed by atoms with Gasteiger partial charge in [-0.1, -0.05) is 13.8 Å². The molecular weight excluding hydrogens is 430 g/mol. The highest BCUT2D eigenvalue weighted by molar-refractivity contribution is 5.86. The first-order valence-electron chi connectivity index (χ1n) is 12.9. The average Bonchev–Trinajstić information content (AvgIpc) is 3.33. The van der Waals surface area contributed by atoms with Crippen LogP contribution in [0, 0.1) is 5.41 Å². The molecule has 2 heterocycles. The maximum atomic E-state index is 12.8. The number of carbonyl (C=O) groups is 2. The second kappa shape index (κ2) is 10.3. The molecule has 0 bridgehead atoms. The van der Waals surface area contributed by atoms with E-state index in [0.29, 0.717) is 12.5 Å². The van der Waals surface area contributed by atoms with Crippen molar-refractivity contribution < 1.29 is 14.3 Å². The number of amides is 2. The highest BCUT2D eigenvalue weighted by atomic mass is 16.6. The minimum absolute atomic E-state index is 0.0287. The largest absolute Gasteiger partial charge is 0.444 e. The number of likely N-dealkylation sites (N-methyl/N-ethyl adjacent to an activating group) is 2. The standard InChI is InChI=1S/C26H45N5O3/c1-8-25(9-2)18-26(28-22(25)32)12-10-19(11-13-26)21-20(16-27-29-21)17-30(6)14-15-31(7)23(33)34-24(3,4)5/h16,19H,8-15,17-18H2,1-7H3,(H,27,29)(H,28,32)/t19-,26+. The summed E-state index contributed by atoms with van der Waals surface area (Å²) >= 11 is 0. The molecule has 1 saturated carbocycles. The average molecular weight is 476 g/mol.